The second kappa shape index (κ2) is 3.16. The highest BCUT2D eigenvalue weighted by Gasteiger charge is 2.08. The summed E-state index contributed by atoms with van der Waals surface area (Å²) in [5.74, 6) is 0.290. The van der Waals surface area contributed by atoms with Crippen molar-refractivity contribution in [1.82, 2.24) is 0 Å². The zero-order valence-electron chi connectivity index (χ0n) is 6.41. The third-order valence-electron chi connectivity index (χ3n) is 1.75. The molecule has 0 fully saturated rings. The van der Waals surface area contributed by atoms with E-state index in [0.717, 1.165) is 13.0 Å². The van der Waals surface area contributed by atoms with Crippen molar-refractivity contribution in [3.05, 3.63) is 26.6 Å². The van der Waals surface area contributed by atoms with Gasteiger partial charge < -0.3 is 5.11 Å². The van der Waals surface area contributed by atoms with Gasteiger partial charge in [0.25, 0.3) is 0 Å². The van der Waals surface area contributed by atoms with Crippen LogP contribution in [0.5, 0.6) is 5.75 Å². The lowest BCUT2D eigenvalue weighted by molar-refractivity contribution is 0.480. The number of nitriles is 1. The lowest BCUT2D eigenvalue weighted by Gasteiger charge is -1.90. The van der Waals surface area contributed by atoms with Gasteiger partial charge in [-0.2, -0.15) is 5.26 Å². The summed E-state index contributed by atoms with van der Waals surface area (Å²) in [7, 11) is 0. The maximum absolute atomic E-state index is 9.61. The molecule has 0 aliphatic rings. The monoisotopic (exact) mass is 301 g/mol. The number of fused-ring (bicyclic) bond motifs is 1. The van der Waals surface area contributed by atoms with Crippen LogP contribution in [-0.4, -0.2) is 5.11 Å². The van der Waals surface area contributed by atoms with Gasteiger partial charge in [-0.3, -0.25) is 0 Å². The Balaban J connectivity index is 2.84. The third kappa shape index (κ3) is 1.38. The lowest BCUT2D eigenvalue weighted by atomic mass is 10.2. The maximum Gasteiger partial charge on any atom is 0.147 e. The Labute approximate surface area is 92.6 Å². The topological polar surface area (TPSA) is 44.0 Å². The highest BCUT2D eigenvalue weighted by Crippen LogP contribution is 2.37. The van der Waals surface area contributed by atoms with Crippen molar-refractivity contribution in [3.8, 4) is 11.8 Å². The van der Waals surface area contributed by atoms with E-state index in [2.05, 4.69) is 22.6 Å². The van der Waals surface area contributed by atoms with Crippen LogP contribution in [0.15, 0.2) is 18.2 Å². The van der Waals surface area contributed by atoms with Crippen LogP contribution >= 0.6 is 33.9 Å². The zero-order valence-corrected chi connectivity index (χ0v) is 9.39. The second-order valence-electron chi connectivity index (χ2n) is 2.55. The van der Waals surface area contributed by atoms with E-state index in [1.54, 1.807) is 12.1 Å². The van der Waals surface area contributed by atoms with E-state index in [1.165, 1.54) is 11.3 Å². The number of halogens is 1. The molecule has 2 rings (SSSR count). The van der Waals surface area contributed by atoms with Gasteiger partial charge in [0.05, 0.1) is 11.6 Å². The number of hydrogen-bond acceptors (Lipinski definition) is 3. The van der Waals surface area contributed by atoms with Gasteiger partial charge in [-0.1, -0.05) is 0 Å². The molecule has 4 heteroatoms. The standard InChI is InChI=1S/C9H4INOS/c10-9-8(12)6-3-5(4-11)1-2-7(6)13-9/h1-3,12H. The van der Waals surface area contributed by atoms with Crippen molar-refractivity contribution in [2.24, 2.45) is 0 Å². The van der Waals surface area contributed by atoms with E-state index in [-0.39, 0.29) is 5.75 Å². The number of benzene rings is 1. The van der Waals surface area contributed by atoms with Crippen molar-refractivity contribution in [2.45, 2.75) is 0 Å². The summed E-state index contributed by atoms with van der Waals surface area (Å²) in [5.41, 5.74) is 0.581. The molecule has 64 valence electrons. The first-order valence-electron chi connectivity index (χ1n) is 3.53. The van der Waals surface area contributed by atoms with Crippen LogP contribution in [0.25, 0.3) is 10.1 Å². The van der Waals surface area contributed by atoms with Gasteiger partial charge in [-0.25, -0.2) is 0 Å². The normalized spacial score (nSPS) is 10.2. The smallest absolute Gasteiger partial charge is 0.147 e. The molecular formula is C9H4INOS. The minimum Gasteiger partial charge on any atom is -0.505 e. The molecule has 2 aromatic rings. The average molecular weight is 301 g/mol. The first-order valence-corrected chi connectivity index (χ1v) is 5.43. The van der Waals surface area contributed by atoms with E-state index in [4.69, 9.17) is 5.26 Å². The number of rotatable bonds is 0. The molecule has 0 bridgehead atoms. The summed E-state index contributed by atoms with van der Waals surface area (Å²) >= 11 is 3.61. The molecule has 0 radical (unpaired) electrons. The molecule has 1 heterocycles. The predicted molar refractivity (Wildman–Crippen MR) is 60.9 cm³/mol. The molecule has 13 heavy (non-hydrogen) atoms. The maximum atomic E-state index is 9.61. The van der Waals surface area contributed by atoms with E-state index in [9.17, 15) is 5.11 Å². The molecule has 0 aliphatic heterocycles. The van der Waals surface area contributed by atoms with Gasteiger partial charge in [0.2, 0.25) is 0 Å². The lowest BCUT2D eigenvalue weighted by Crippen LogP contribution is -1.71. The largest absolute Gasteiger partial charge is 0.505 e. The fourth-order valence-electron chi connectivity index (χ4n) is 1.12. The summed E-state index contributed by atoms with van der Waals surface area (Å²) in [6.07, 6.45) is 0. The minimum atomic E-state index is 0.290. The Kier molecular flexibility index (Phi) is 2.14. The molecule has 0 saturated carbocycles. The van der Waals surface area contributed by atoms with Crippen LogP contribution < -0.4 is 0 Å². The number of thiophene rings is 1. The van der Waals surface area contributed by atoms with Crippen LogP contribution in [0.1, 0.15) is 5.56 Å². The Morgan fingerprint density at radius 1 is 1.46 bits per heavy atom. The van der Waals surface area contributed by atoms with Crippen molar-refractivity contribution in [3.63, 3.8) is 0 Å². The van der Waals surface area contributed by atoms with Gasteiger partial charge in [-0.15, -0.1) is 11.3 Å². The van der Waals surface area contributed by atoms with E-state index < -0.39 is 0 Å². The summed E-state index contributed by atoms with van der Waals surface area (Å²) < 4.78 is 1.88. The summed E-state index contributed by atoms with van der Waals surface area (Å²) in [4.78, 5) is 0. The van der Waals surface area contributed by atoms with Gasteiger partial charge in [0.1, 0.15) is 8.63 Å². The molecule has 0 spiro atoms. The van der Waals surface area contributed by atoms with Gasteiger partial charge in [0, 0.05) is 10.1 Å². The highest BCUT2D eigenvalue weighted by molar-refractivity contribution is 14.1. The number of aromatic hydroxyl groups is 1. The molecule has 0 saturated heterocycles. The van der Waals surface area contributed by atoms with Crippen LogP contribution in [0, 0.1) is 14.2 Å². The quantitative estimate of drug-likeness (QED) is 0.760. The predicted octanol–water partition coefficient (Wildman–Crippen LogP) is 3.08. The molecule has 0 aliphatic carbocycles. The van der Waals surface area contributed by atoms with Crippen LogP contribution in [0.4, 0.5) is 0 Å². The molecule has 1 aromatic carbocycles. The Hall–Kier alpha value is -0.800. The SMILES string of the molecule is N#Cc1ccc2sc(I)c(O)c2c1. The minimum absolute atomic E-state index is 0.290. The zero-order chi connectivity index (χ0) is 9.42. The summed E-state index contributed by atoms with van der Waals surface area (Å²) in [5, 5.41) is 19.0. The Morgan fingerprint density at radius 2 is 2.23 bits per heavy atom. The average Bonchev–Trinajstić information content (AvgIpc) is 2.43. The van der Waals surface area contributed by atoms with Crippen LogP contribution in [0.2, 0.25) is 0 Å². The highest BCUT2D eigenvalue weighted by atomic mass is 127. The first kappa shape index (κ1) is 8.78. The molecular weight excluding hydrogens is 297 g/mol. The van der Waals surface area contributed by atoms with Gasteiger partial charge in [-0.05, 0) is 40.8 Å². The molecule has 0 unspecified atom stereocenters. The second-order valence-corrected chi connectivity index (χ2v) is 5.41. The first-order chi connectivity index (χ1) is 6.22. The van der Waals surface area contributed by atoms with Crippen molar-refractivity contribution >= 4 is 44.0 Å². The summed E-state index contributed by atoms with van der Waals surface area (Å²) in [6, 6.07) is 7.38. The number of hydrogen-bond donors (Lipinski definition) is 1. The van der Waals surface area contributed by atoms with E-state index >= 15 is 0 Å². The molecule has 1 N–H and O–H groups in total. The van der Waals surface area contributed by atoms with Crippen molar-refractivity contribution in [2.75, 3.05) is 0 Å². The van der Waals surface area contributed by atoms with Gasteiger partial charge in [0.15, 0.2) is 0 Å². The van der Waals surface area contributed by atoms with Gasteiger partial charge >= 0.3 is 0 Å². The fraction of sp³-hybridized carbons (Fsp3) is 0. The molecule has 2 nitrogen and oxygen atoms in total. The van der Waals surface area contributed by atoms with Crippen LogP contribution in [0.3, 0.4) is 0 Å². The number of nitrogens with zero attached hydrogens (tertiary/aromatic N) is 1. The van der Waals surface area contributed by atoms with Crippen LogP contribution in [-0.2, 0) is 0 Å². The van der Waals surface area contributed by atoms with E-state index in [0.29, 0.717) is 5.56 Å². The Bertz CT molecular complexity index is 512. The Morgan fingerprint density at radius 3 is 2.92 bits per heavy atom. The molecule has 0 atom stereocenters. The van der Waals surface area contributed by atoms with E-state index in [1.807, 2.05) is 12.1 Å². The molecule has 0 amide bonds. The van der Waals surface area contributed by atoms with Crippen molar-refractivity contribution in [1.29, 1.82) is 5.26 Å². The molecule has 1 aromatic heterocycles. The third-order valence-corrected chi connectivity index (χ3v) is 3.87. The summed E-state index contributed by atoms with van der Waals surface area (Å²) in [6.45, 7) is 0. The van der Waals surface area contributed by atoms with Crippen molar-refractivity contribution < 1.29 is 5.11 Å². The fourth-order valence-corrected chi connectivity index (χ4v) is 2.93.